The molecule has 0 saturated carbocycles. The van der Waals surface area contributed by atoms with Crippen LogP contribution in [0.15, 0.2) is 30.3 Å². The van der Waals surface area contributed by atoms with Gasteiger partial charge in [-0.05, 0) is 24.6 Å². The highest BCUT2D eigenvalue weighted by Crippen LogP contribution is 2.28. The Bertz CT molecular complexity index is 941. The van der Waals surface area contributed by atoms with Crippen LogP contribution in [-0.2, 0) is 0 Å². The lowest BCUT2D eigenvalue weighted by molar-refractivity contribution is -0.384. The average molecular weight is 349 g/mol. The zero-order valence-electron chi connectivity index (χ0n) is 11.7. The zero-order chi connectivity index (χ0) is 16.6. The summed E-state index contributed by atoms with van der Waals surface area (Å²) in [5.74, 6) is -0.464. The van der Waals surface area contributed by atoms with E-state index in [0.717, 1.165) is 23.4 Å². The van der Waals surface area contributed by atoms with Gasteiger partial charge in [0.1, 0.15) is 11.0 Å². The van der Waals surface area contributed by atoms with E-state index < -0.39 is 10.8 Å². The van der Waals surface area contributed by atoms with E-state index in [2.05, 4.69) is 14.1 Å². The number of hydrogen-bond donors (Lipinski definition) is 1. The first-order valence-electron chi connectivity index (χ1n) is 6.44. The van der Waals surface area contributed by atoms with Gasteiger partial charge in [0.25, 0.3) is 11.6 Å². The number of nitro groups is 1. The van der Waals surface area contributed by atoms with Crippen LogP contribution in [0.5, 0.6) is 0 Å². The molecule has 1 aromatic heterocycles. The van der Waals surface area contributed by atoms with Gasteiger partial charge in [0.05, 0.1) is 32.9 Å². The SMILES string of the molecule is Cc1ccc2nsnc2c1NC(=O)c1ccc([N+](=O)[O-])cc1Cl. The molecule has 0 saturated heterocycles. The van der Waals surface area contributed by atoms with Gasteiger partial charge >= 0.3 is 0 Å². The van der Waals surface area contributed by atoms with Crippen molar-refractivity contribution in [2.45, 2.75) is 6.92 Å². The van der Waals surface area contributed by atoms with Crippen molar-refractivity contribution in [2.75, 3.05) is 5.32 Å². The third-order valence-corrected chi connectivity index (χ3v) is 4.14. The highest BCUT2D eigenvalue weighted by molar-refractivity contribution is 7.00. The molecule has 2 aromatic carbocycles. The summed E-state index contributed by atoms with van der Waals surface area (Å²) in [5.41, 5.74) is 2.64. The van der Waals surface area contributed by atoms with Crippen molar-refractivity contribution < 1.29 is 9.72 Å². The molecule has 23 heavy (non-hydrogen) atoms. The van der Waals surface area contributed by atoms with Crippen LogP contribution in [0, 0.1) is 17.0 Å². The molecule has 7 nitrogen and oxygen atoms in total. The molecule has 3 aromatic rings. The molecule has 0 bridgehead atoms. The molecule has 1 heterocycles. The fourth-order valence-corrected chi connectivity index (χ4v) is 2.90. The smallest absolute Gasteiger partial charge is 0.270 e. The predicted octanol–water partition coefficient (Wildman–Crippen LogP) is 3.81. The van der Waals surface area contributed by atoms with Gasteiger partial charge in [-0.15, -0.1) is 0 Å². The van der Waals surface area contributed by atoms with E-state index in [1.165, 1.54) is 12.1 Å². The number of rotatable bonds is 3. The first kappa shape index (κ1) is 15.3. The van der Waals surface area contributed by atoms with E-state index in [-0.39, 0.29) is 16.3 Å². The molecule has 3 rings (SSSR count). The molecule has 116 valence electrons. The first-order chi connectivity index (χ1) is 11.0. The number of aromatic nitrogens is 2. The lowest BCUT2D eigenvalue weighted by atomic mass is 10.1. The van der Waals surface area contributed by atoms with Crippen molar-refractivity contribution in [1.29, 1.82) is 0 Å². The largest absolute Gasteiger partial charge is 0.320 e. The lowest BCUT2D eigenvalue weighted by Crippen LogP contribution is -2.14. The molecule has 0 radical (unpaired) electrons. The second-order valence-corrected chi connectivity index (χ2v) is 5.70. The van der Waals surface area contributed by atoms with Gasteiger partial charge in [0.15, 0.2) is 0 Å². The van der Waals surface area contributed by atoms with Crippen LogP contribution < -0.4 is 5.32 Å². The number of nitrogens with zero attached hydrogens (tertiary/aromatic N) is 3. The maximum atomic E-state index is 12.4. The number of amides is 1. The standard InChI is InChI=1S/C14H9ClN4O3S/c1-7-2-5-11-13(18-23-17-11)12(7)16-14(20)9-4-3-8(19(21)22)6-10(9)15/h2-6H,1H3,(H,16,20). The Morgan fingerprint density at radius 1 is 1.30 bits per heavy atom. The molecular weight excluding hydrogens is 340 g/mol. The minimum absolute atomic E-state index is 0.0120. The Morgan fingerprint density at radius 2 is 2.09 bits per heavy atom. The molecule has 1 N–H and O–H groups in total. The van der Waals surface area contributed by atoms with Crippen LogP contribution in [0.4, 0.5) is 11.4 Å². The van der Waals surface area contributed by atoms with Crippen LogP contribution in [0.25, 0.3) is 11.0 Å². The normalized spacial score (nSPS) is 10.7. The molecule has 0 unspecified atom stereocenters. The minimum Gasteiger partial charge on any atom is -0.320 e. The van der Waals surface area contributed by atoms with Crippen LogP contribution in [0.1, 0.15) is 15.9 Å². The Hall–Kier alpha value is -2.58. The minimum atomic E-state index is -0.570. The molecule has 1 amide bonds. The van der Waals surface area contributed by atoms with Crippen LogP contribution in [-0.4, -0.2) is 19.6 Å². The number of hydrogen-bond acceptors (Lipinski definition) is 6. The molecule has 0 fully saturated rings. The number of benzene rings is 2. The summed E-state index contributed by atoms with van der Waals surface area (Å²) in [6.45, 7) is 1.84. The van der Waals surface area contributed by atoms with Crippen molar-refractivity contribution >= 4 is 51.6 Å². The highest BCUT2D eigenvalue weighted by Gasteiger charge is 2.17. The van der Waals surface area contributed by atoms with E-state index >= 15 is 0 Å². The number of non-ortho nitro benzene ring substituents is 1. The number of nitrogens with one attached hydrogen (secondary N) is 1. The predicted molar refractivity (Wildman–Crippen MR) is 88.2 cm³/mol. The number of carbonyl (C=O) groups is 1. The lowest BCUT2D eigenvalue weighted by Gasteiger charge is -2.09. The number of anilines is 1. The third-order valence-electron chi connectivity index (χ3n) is 3.28. The maximum absolute atomic E-state index is 12.4. The van der Waals surface area contributed by atoms with Gasteiger partial charge in [-0.25, -0.2) is 0 Å². The molecule has 0 aliphatic rings. The van der Waals surface area contributed by atoms with E-state index in [0.29, 0.717) is 16.7 Å². The van der Waals surface area contributed by atoms with Gasteiger partial charge in [-0.3, -0.25) is 14.9 Å². The van der Waals surface area contributed by atoms with Crippen LogP contribution in [0.2, 0.25) is 5.02 Å². The van der Waals surface area contributed by atoms with E-state index in [9.17, 15) is 14.9 Å². The molecule has 0 aliphatic heterocycles. The van der Waals surface area contributed by atoms with Crippen molar-refractivity contribution in [3.8, 4) is 0 Å². The van der Waals surface area contributed by atoms with E-state index in [1.807, 2.05) is 19.1 Å². The van der Waals surface area contributed by atoms with Gasteiger partial charge in [0.2, 0.25) is 0 Å². The number of fused-ring (bicyclic) bond motifs is 1. The molecular formula is C14H9ClN4O3S. The zero-order valence-corrected chi connectivity index (χ0v) is 13.3. The summed E-state index contributed by atoms with van der Waals surface area (Å²) in [6, 6.07) is 7.36. The molecule has 0 spiro atoms. The summed E-state index contributed by atoms with van der Waals surface area (Å²) >= 11 is 7.03. The second kappa shape index (κ2) is 5.90. The second-order valence-electron chi connectivity index (χ2n) is 4.76. The average Bonchev–Trinajstić information content (AvgIpc) is 2.98. The molecule has 9 heteroatoms. The summed E-state index contributed by atoms with van der Waals surface area (Å²) in [5, 5.41) is 13.5. The third kappa shape index (κ3) is 2.86. The summed E-state index contributed by atoms with van der Waals surface area (Å²) in [7, 11) is 0. The monoisotopic (exact) mass is 348 g/mol. The Kier molecular flexibility index (Phi) is 3.93. The Morgan fingerprint density at radius 3 is 2.78 bits per heavy atom. The van der Waals surface area contributed by atoms with E-state index in [1.54, 1.807) is 0 Å². The maximum Gasteiger partial charge on any atom is 0.270 e. The van der Waals surface area contributed by atoms with Gasteiger partial charge < -0.3 is 5.32 Å². The fraction of sp³-hybridized carbons (Fsp3) is 0.0714. The van der Waals surface area contributed by atoms with Crippen LogP contribution >= 0.6 is 23.3 Å². The molecule has 0 atom stereocenters. The highest BCUT2D eigenvalue weighted by atomic mass is 35.5. The van der Waals surface area contributed by atoms with E-state index in [4.69, 9.17) is 11.6 Å². The number of aryl methyl sites for hydroxylation is 1. The quantitative estimate of drug-likeness (QED) is 0.573. The number of carbonyl (C=O) groups excluding carboxylic acids is 1. The topological polar surface area (TPSA) is 98.0 Å². The van der Waals surface area contributed by atoms with Gasteiger partial charge in [0, 0.05) is 12.1 Å². The van der Waals surface area contributed by atoms with Gasteiger partial charge in [-0.1, -0.05) is 17.7 Å². The fourth-order valence-electron chi connectivity index (χ4n) is 2.09. The Labute approximate surface area is 139 Å². The first-order valence-corrected chi connectivity index (χ1v) is 7.55. The molecule has 0 aliphatic carbocycles. The van der Waals surface area contributed by atoms with Crippen molar-refractivity contribution in [1.82, 2.24) is 8.75 Å². The number of halogens is 1. The Balaban J connectivity index is 1.96. The van der Waals surface area contributed by atoms with Crippen molar-refractivity contribution in [3.63, 3.8) is 0 Å². The van der Waals surface area contributed by atoms with Crippen molar-refractivity contribution in [2.24, 2.45) is 0 Å². The summed E-state index contributed by atoms with van der Waals surface area (Å²) in [4.78, 5) is 22.6. The van der Waals surface area contributed by atoms with Crippen molar-refractivity contribution in [3.05, 3.63) is 56.6 Å². The van der Waals surface area contributed by atoms with Gasteiger partial charge in [-0.2, -0.15) is 8.75 Å². The number of nitro benzene ring substituents is 1. The van der Waals surface area contributed by atoms with Crippen LogP contribution in [0.3, 0.4) is 0 Å². The summed E-state index contributed by atoms with van der Waals surface area (Å²) < 4.78 is 8.31. The summed E-state index contributed by atoms with van der Waals surface area (Å²) in [6.07, 6.45) is 0.